The number of hydrogen-bond acceptors (Lipinski definition) is 6. The van der Waals surface area contributed by atoms with Crippen LogP contribution in [0.25, 0.3) is 6.08 Å². The summed E-state index contributed by atoms with van der Waals surface area (Å²) >= 11 is 4.72. The van der Waals surface area contributed by atoms with Crippen molar-refractivity contribution in [2.45, 2.75) is 26.7 Å². The second kappa shape index (κ2) is 11.6. The predicted molar refractivity (Wildman–Crippen MR) is 146 cm³/mol. The minimum Gasteiger partial charge on any atom is -0.546 e. The van der Waals surface area contributed by atoms with E-state index in [4.69, 9.17) is 9.73 Å². The molecule has 0 bridgehead atoms. The average Bonchev–Trinajstić information content (AvgIpc) is 3.17. The van der Waals surface area contributed by atoms with E-state index >= 15 is 0 Å². The van der Waals surface area contributed by atoms with Crippen molar-refractivity contribution >= 4 is 62.2 Å². The number of aliphatic carboxylic acids is 1. The van der Waals surface area contributed by atoms with Crippen molar-refractivity contribution < 1.29 is 19.4 Å². The number of thioether (sulfide) groups is 1. The van der Waals surface area contributed by atoms with Crippen LogP contribution in [-0.4, -0.2) is 23.7 Å². The Labute approximate surface area is 222 Å². The highest BCUT2D eigenvalue weighted by Gasteiger charge is 2.36. The summed E-state index contributed by atoms with van der Waals surface area (Å²) in [6.07, 6.45) is 3.28. The standard InChI is InChI=1S/C28H25BrN2O4S/c1-3-18-9-5-7-11-22(18)30-28-31(23-12-8-6-10-19(23)4-2)27(34)25(36-28)16-20-15-21(29)13-14-24(20)35-17-26(32)33/h5-16H,3-4,17H2,1-2H3,(H,32,33)/p-1/b25-16-,30-28?. The number of para-hydroxylation sites is 2. The molecule has 1 saturated heterocycles. The number of anilines is 1. The maximum absolute atomic E-state index is 13.8. The van der Waals surface area contributed by atoms with Crippen LogP contribution in [0.4, 0.5) is 11.4 Å². The minimum absolute atomic E-state index is 0.209. The van der Waals surface area contributed by atoms with Crippen LogP contribution in [0.2, 0.25) is 0 Å². The highest BCUT2D eigenvalue weighted by Crippen LogP contribution is 2.40. The maximum atomic E-state index is 13.8. The molecule has 0 saturated carbocycles. The van der Waals surface area contributed by atoms with Gasteiger partial charge >= 0.3 is 0 Å². The number of aliphatic imine (C=N–C) groups is 1. The van der Waals surface area contributed by atoms with Gasteiger partial charge < -0.3 is 14.6 Å². The third-order valence-corrected chi connectivity index (χ3v) is 7.07. The quantitative estimate of drug-likeness (QED) is 0.337. The first-order chi connectivity index (χ1) is 17.4. The normalized spacial score (nSPS) is 15.6. The number of carbonyl (C=O) groups excluding carboxylic acids is 2. The van der Waals surface area contributed by atoms with Crippen molar-refractivity contribution in [1.82, 2.24) is 0 Å². The van der Waals surface area contributed by atoms with E-state index in [0.29, 0.717) is 21.4 Å². The van der Waals surface area contributed by atoms with Crippen LogP contribution >= 0.6 is 27.7 Å². The molecule has 36 heavy (non-hydrogen) atoms. The first-order valence-corrected chi connectivity index (χ1v) is 13.1. The molecule has 0 atom stereocenters. The number of ether oxygens (including phenoxy) is 1. The number of hydrogen-bond donors (Lipinski definition) is 0. The number of amides is 1. The molecule has 6 nitrogen and oxygen atoms in total. The first-order valence-electron chi connectivity index (χ1n) is 11.5. The molecule has 184 valence electrons. The highest BCUT2D eigenvalue weighted by molar-refractivity contribution is 9.10. The van der Waals surface area contributed by atoms with Gasteiger partial charge in [0.1, 0.15) is 12.4 Å². The molecule has 0 unspecified atom stereocenters. The van der Waals surface area contributed by atoms with Gasteiger partial charge in [-0.25, -0.2) is 4.99 Å². The van der Waals surface area contributed by atoms with Crippen LogP contribution in [0.5, 0.6) is 5.75 Å². The van der Waals surface area contributed by atoms with Gasteiger partial charge in [0, 0.05) is 10.0 Å². The Kier molecular flexibility index (Phi) is 8.28. The summed E-state index contributed by atoms with van der Waals surface area (Å²) in [6.45, 7) is 3.53. The van der Waals surface area contributed by atoms with E-state index in [9.17, 15) is 14.7 Å². The highest BCUT2D eigenvalue weighted by atomic mass is 79.9. The molecule has 1 fully saturated rings. The number of nitrogens with zero attached hydrogens (tertiary/aromatic N) is 2. The van der Waals surface area contributed by atoms with Crippen LogP contribution in [-0.2, 0) is 22.4 Å². The molecular formula is C28H24BrN2O4S-. The number of benzene rings is 3. The van der Waals surface area contributed by atoms with Crippen molar-refractivity contribution in [1.29, 1.82) is 0 Å². The van der Waals surface area contributed by atoms with Gasteiger partial charge in [0.2, 0.25) is 0 Å². The Hall–Kier alpha value is -3.36. The van der Waals surface area contributed by atoms with Gasteiger partial charge in [-0.15, -0.1) is 0 Å². The van der Waals surface area contributed by atoms with E-state index in [1.165, 1.54) is 11.8 Å². The molecular weight excluding hydrogens is 540 g/mol. The summed E-state index contributed by atoms with van der Waals surface area (Å²) in [5.41, 5.74) is 4.29. The molecule has 1 amide bonds. The Bertz CT molecular complexity index is 1370. The molecule has 4 rings (SSSR count). The molecule has 0 spiro atoms. The van der Waals surface area contributed by atoms with Crippen LogP contribution < -0.4 is 14.7 Å². The van der Waals surface area contributed by atoms with E-state index in [0.717, 1.165) is 39.8 Å². The molecule has 3 aromatic carbocycles. The van der Waals surface area contributed by atoms with Crippen molar-refractivity contribution in [3.8, 4) is 5.75 Å². The number of aryl methyl sites for hydroxylation is 2. The number of halogens is 1. The van der Waals surface area contributed by atoms with Crippen molar-refractivity contribution in [3.63, 3.8) is 0 Å². The molecule has 1 heterocycles. The van der Waals surface area contributed by atoms with E-state index < -0.39 is 12.6 Å². The van der Waals surface area contributed by atoms with Gasteiger partial charge in [0.25, 0.3) is 5.91 Å². The summed E-state index contributed by atoms with van der Waals surface area (Å²) in [4.78, 5) is 31.8. The van der Waals surface area contributed by atoms with Gasteiger partial charge in [-0.2, -0.15) is 0 Å². The Balaban J connectivity index is 1.83. The van der Waals surface area contributed by atoms with Gasteiger partial charge in [-0.05, 0) is 72.1 Å². The Morgan fingerprint density at radius 1 is 1.06 bits per heavy atom. The monoisotopic (exact) mass is 563 g/mol. The van der Waals surface area contributed by atoms with Crippen LogP contribution in [0.3, 0.4) is 0 Å². The van der Waals surface area contributed by atoms with Crippen molar-refractivity contribution in [3.05, 3.63) is 92.8 Å². The van der Waals surface area contributed by atoms with Crippen molar-refractivity contribution in [2.24, 2.45) is 4.99 Å². The molecule has 3 aromatic rings. The number of rotatable bonds is 8. The van der Waals surface area contributed by atoms with E-state index in [1.807, 2.05) is 48.5 Å². The average molecular weight is 564 g/mol. The zero-order chi connectivity index (χ0) is 25.7. The number of carboxylic acids is 1. The second-order valence-electron chi connectivity index (χ2n) is 7.95. The zero-order valence-electron chi connectivity index (χ0n) is 19.9. The fourth-order valence-electron chi connectivity index (χ4n) is 3.85. The lowest BCUT2D eigenvalue weighted by Gasteiger charge is -2.19. The van der Waals surface area contributed by atoms with E-state index in [2.05, 4.69) is 29.8 Å². The molecule has 0 aromatic heterocycles. The summed E-state index contributed by atoms with van der Waals surface area (Å²) in [5, 5.41) is 11.5. The Morgan fingerprint density at radius 2 is 1.75 bits per heavy atom. The molecule has 0 aliphatic carbocycles. The predicted octanol–water partition coefficient (Wildman–Crippen LogP) is 5.51. The van der Waals surface area contributed by atoms with E-state index in [1.54, 1.807) is 29.2 Å². The molecule has 8 heteroatoms. The van der Waals surface area contributed by atoms with Gasteiger partial charge in [0.05, 0.1) is 22.2 Å². The number of carbonyl (C=O) groups is 2. The lowest BCUT2D eigenvalue weighted by atomic mass is 10.1. The molecule has 0 radical (unpaired) electrons. The smallest absolute Gasteiger partial charge is 0.271 e. The maximum Gasteiger partial charge on any atom is 0.271 e. The fourth-order valence-corrected chi connectivity index (χ4v) is 5.21. The largest absolute Gasteiger partial charge is 0.546 e. The summed E-state index contributed by atoms with van der Waals surface area (Å²) in [5.74, 6) is -1.20. The van der Waals surface area contributed by atoms with Crippen LogP contribution in [0, 0.1) is 0 Å². The third kappa shape index (κ3) is 5.71. The van der Waals surface area contributed by atoms with Crippen LogP contribution in [0.15, 0.2) is 81.1 Å². The lowest BCUT2D eigenvalue weighted by molar-refractivity contribution is -0.307. The summed E-state index contributed by atoms with van der Waals surface area (Å²) in [7, 11) is 0. The molecule has 1 aliphatic rings. The van der Waals surface area contributed by atoms with Crippen LogP contribution in [0.1, 0.15) is 30.5 Å². The summed E-state index contributed by atoms with van der Waals surface area (Å²) in [6, 6.07) is 20.9. The minimum atomic E-state index is -1.32. The fraction of sp³-hybridized carbons (Fsp3) is 0.179. The van der Waals surface area contributed by atoms with Crippen molar-refractivity contribution in [2.75, 3.05) is 11.5 Å². The summed E-state index contributed by atoms with van der Waals surface area (Å²) < 4.78 is 6.18. The Morgan fingerprint density at radius 3 is 2.47 bits per heavy atom. The lowest BCUT2D eigenvalue weighted by Crippen LogP contribution is -2.29. The topological polar surface area (TPSA) is 82.0 Å². The number of amidine groups is 1. The van der Waals surface area contributed by atoms with Gasteiger partial charge in [-0.3, -0.25) is 9.69 Å². The molecule has 0 N–H and O–H groups in total. The van der Waals surface area contributed by atoms with Gasteiger partial charge in [0.15, 0.2) is 5.17 Å². The first kappa shape index (κ1) is 25.7. The third-order valence-electron chi connectivity index (χ3n) is 5.61. The SMILES string of the molecule is CCc1ccccc1N=C1S/C(=C\c2cc(Br)ccc2OCC(=O)[O-])C(=O)N1c1ccccc1CC. The zero-order valence-corrected chi connectivity index (χ0v) is 22.3. The van der Waals surface area contributed by atoms with Gasteiger partial charge in [-0.1, -0.05) is 66.2 Å². The second-order valence-corrected chi connectivity index (χ2v) is 9.88. The number of carboxylic acid groups (broad SMARTS) is 1. The molecule has 1 aliphatic heterocycles. The van der Waals surface area contributed by atoms with E-state index in [-0.39, 0.29) is 5.91 Å².